The Morgan fingerprint density at radius 3 is 1.42 bits per heavy atom. The standard InChI is InChI=1S/C28H20O3/c29-17-18-9-11-19(12-10-18)28(24-13-20-5-1-3-7-22(20)15-26(24)30)25-14-21-6-2-4-8-23(21)16-27(25)31/h1-17,28,30-31H. The molecule has 5 aromatic carbocycles. The Morgan fingerprint density at radius 2 is 1.00 bits per heavy atom. The van der Waals surface area contributed by atoms with E-state index in [9.17, 15) is 15.0 Å². The molecule has 0 atom stereocenters. The van der Waals surface area contributed by atoms with E-state index in [1.165, 1.54) is 0 Å². The highest BCUT2D eigenvalue weighted by Gasteiger charge is 2.24. The summed E-state index contributed by atoms with van der Waals surface area (Å²) in [5.74, 6) is -0.0821. The monoisotopic (exact) mass is 404 g/mol. The Kier molecular flexibility index (Phi) is 4.64. The Bertz CT molecular complexity index is 1330. The predicted molar refractivity (Wildman–Crippen MR) is 124 cm³/mol. The van der Waals surface area contributed by atoms with Gasteiger partial charge in [-0.1, -0.05) is 72.8 Å². The molecule has 0 aliphatic heterocycles. The number of benzene rings is 5. The minimum atomic E-state index is -0.407. The Hall–Kier alpha value is -4.11. The summed E-state index contributed by atoms with van der Waals surface area (Å²) < 4.78 is 0. The zero-order chi connectivity index (χ0) is 21.4. The van der Waals surface area contributed by atoms with Gasteiger partial charge >= 0.3 is 0 Å². The maximum atomic E-state index is 11.1. The van der Waals surface area contributed by atoms with Crippen molar-refractivity contribution in [1.29, 1.82) is 0 Å². The number of fused-ring (bicyclic) bond motifs is 2. The second-order valence-electron chi connectivity index (χ2n) is 7.73. The molecule has 5 rings (SSSR count). The summed E-state index contributed by atoms with van der Waals surface area (Å²) in [6.45, 7) is 0. The molecular weight excluding hydrogens is 384 g/mol. The average Bonchev–Trinajstić information content (AvgIpc) is 2.80. The van der Waals surface area contributed by atoms with Gasteiger partial charge in [-0.25, -0.2) is 0 Å². The van der Waals surface area contributed by atoms with Crippen LogP contribution in [0.3, 0.4) is 0 Å². The van der Waals surface area contributed by atoms with E-state index in [1.807, 2.05) is 72.8 Å². The molecule has 0 aromatic heterocycles. The molecule has 0 spiro atoms. The summed E-state index contributed by atoms with van der Waals surface area (Å²) in [4.78, 5) is 11.1. The number of carbonyl (C=O) groups excluding carboxylic acids is 1. The molecule has 0 saturated carbocycles. The lowest BCUT2D eigenvalue weighted by Crippen LogP contribution is -2.05. The van der Waals surface area contributed by atoms with E-state index in [1.54, 1.807) is 24.3 Å². The van der Waals surface area contributed by atoms with Crippen molar-refractivity contribution in [2.24, 2.45) is 0 Å². The maximum Gasteiger partial charge on any atom is 0.150 e. The van der Waals surface area contributed by atoms with Gasteiger partial charge in [-0.2, -0.15) is 0 Å². The van der Waals surface area contributed by atoms with Crippen molar-refractivity contribution < 1.29 is 15.0 Å². The normalized spacial score (nSPS) is 11.3. The summed E-state index contributed by atoms with van der Waals surface area (Å²) in [5.41, 5.74) is 2.85. The van der Waals surface area contributed by atoms with Crippen LogP contribution < -0.4 is 0 Å². The minimum Gasteiger partial charge on any atom is -0.508 e. The highest BCUT2D eigenvalue weighted by atomic mass is 16.3. The third-order valence-electron chi connectivity index (χ3n) is 5.82. The van der Waals surface area contributed by atoms with Crippen LogP contribution >= 0.6 is 0 Å². The molecular formula is C28H20O3. The average molecular weight is 404 g/mol. The molecule has 2 N–H and O–H groups in total. The number of hydrogen-bond donors (Lipinski definition) is 2. The first-order valence-corrected chi connectivity index (χ1v) is 10.1. The topological polar surface area (TPSA) is 57.5 Å². The van der Waals surface area contributed by atoms with Gasteiger partial charge in [0.15, 0.2) is 0 Å². The molecule has 0 radical (unpaired) electrons. The lowest BCUT2D eigenvalue weighted by atomic mass is 9.82. The molecule has 0 aliphatic carbocycles. The van der Waals surface area contributed by atoms with Crippen molar-refractivity contribution in [2.45, 2.75) is 5.92 Å². The molecule has 5 aromatic rings. The van der Waals surface area contributed by atoms with Gasteiger partial charge in [-0.3, -0.25) is 4.79 Å². The van der Waals surface area contributed by atoms with Crippen LogP contribution in [0.1, 0.15) is 33.0 Å². The lowest BCUT2D eigenvalue weighted by molar-refractivity contribution is 0.112. The second kappa shape index (κ2) is 7.62. The SMILES string of the molecule is O=Cc1ccc(C(c2cc3ccccc3cc2O)c2cc3ccccc3cc2O)cc1. The van der Waals surface area contributed by atoms with Gasteiger partial charge in [-0.05, 0) is 51.4 Å². The van der Waals surface area contributed by atoms with Crippen LogP contribution in [0.2, 0.25) is 0 Å². The smallest absolute Gasteiger partial charge is 0.150 e. The molecule has 0 unspecified atom stereocenters. The van der Waals surface area contributed by atoms with E-state index in [2.05, 4.69) is 0 Å². The summed E-state index contributed by atoms with van der Waals surface area (Å²) in [5, 5.41) is 25.8. The highest BCUT2D eigenvalue weighted by molar-refractivity contribution is 5.87. The van der Waals surface area contributed by atoms with Crippen molar-refractivity contribution in [3.63, 3.8) is 0 Å². The molecule has 0 saturated heterocycles. The van der Waals surface area contributed by atoms with Crippen LogP contribution in [-0.2, 0) is 0 Å². The van der Waals surface area contributed by atoms with Gasteiger partial charge in [0.05, 0.1) is 0 Å². The van der Waals surface area contributed by atoms with E-state index >= 15 is 0 Å². The van der Waals surface area contributed by atoms with Crippen molar-refractivity contribution >= 4 is 27.8 Å². The van der Waals surface area contributed by atoms with E-state index in [4.69, 9.17) is 0 Å². The number of carbonyl (C=O) groups is 1. The largest absolute Gasteiger partial charge is 0.508 e. The van der Waals surface area contributed by atoms with Crippen LogP contribution in [-0.4, -0.2) is 16.5 Å². The highest BCUT2D eigenvalue weighted by Crippen LogP contribution is 2.43. The van der Waals surface area contributed by atoms with Crippen molar-refractivity contribution in [1.82, 2.24) is 0 Å². The van der Waals surface area contributed by atoms with Crippen molar-refractivity contribution in [2.75, 3.05) is 0 Å². The van der Waals surface area contributed by atoms with Crippen LogP contribution in [0.15, 0.2) is 97.1 Å². The molecule has 3 nitrogen and oxygen atoms in total. The zero-order valence-electron chi connectivity index (χ0n) is 16.7. The Balaban J connectivity index is 1.79. The molecule has 0 amide bonds. The van der Waals surface area contributed by atoms with Gasteiger partial charge in [-0.15, -0.1) is 0 Å². The summed E-state index contributed by atoms with van der Waals surface area (Å²) in [6, 6.07) is 30.4. The quantitative estimate of drug-likeness (QED) is 0.269. The van der Waals surface area contributed by atoms with Gasteiger partial charge in [0, 0.05) is 22.6 Å². The van der Waals surface area contributed by atoms with Gasteiger partial charge < -0.3 is 10.2 Å². The Labute approximate surface area is 179 Å². The molecule has 0 aliphatic rings. The van der Waals surface area contributed by atoms with E-state index in [-0.39, 0.29) is 11.5 Å². The van der Waals surface area contributed by atoms with Gasteiger partial charge in [0.2, 0.25) is 0 Å². The first kappa shape index (κ1) is 18.9. The number of aldehydes is 1. The van der Waals surface area contributed by atoms with Crippen LogP contribution in [0, 0.1) is 0 Å². The third kappa shape index (κ3) is 3.40. The second-order valence-corrected chi connectivity index (χ2v) is 7.73. The summed E-state index contributed by atoms with van der Waals surface area (Å²) >= 11 is 0. The molecule has 31 heavy (non-hydrogen) atoms. The zero-order valence-corrected chi connectivity index (χ0v) is 16.7. The number of rotatable bonds is 4. The fourth-order valence-electron chi connectivity index (χ4n) is 4.25. The minimum absolute atomic E-state index is 0.163. The number of phenolic OH excluding ortho intramolecular Hbond substituents is 2. The van der Waals surface area contributed by atoms with Crippen LogP contribution in [0.5, 0.6) is 11.5 Å². The molecule has 150 valence electrons. The summed E-state index contributed by atoms with van der Waals surface area (Å²) in [6.07, 6.45) is 0.805. The van der Waals surface area contributed by atoms with Gasteiger partial charge in [0.1, 0.15) is 17.8 Å². The van der Waals surface area contributed by atoms with Crippen molar-refractivity contribution in [3.05, 3.63) is 119 Å². The fraction of sp³-hybridized carbons (Fsp3) is 0.0357. The molecule has 0 fully saturated rings. The number of hydrogen-bond acceptors (Lipinski definition) is 3. The van der Waals surface area contributed by atoms with E-state index in [0.717, 1.165) is 33.4 Å². The first-order chi connectivity index (χ1) is 15.1. The maximum absolute atomic E-state index is 11.1. The van der Waals surface area contributed by atoms with Gasteiger partial charge in [0.25, 0.3) is 0 Å². The predicted octanol–water partition coefficient (Wildman–Crippen LogP) is 6.40. The fourth-order valence-corrected chi connectivity index (χ4v) is 4.25. The summed E-state index contributed by atoms with van der Waals surface area (Å²) in [7, 11) is 0. The first-order valence-electron chi connectivity index (χ1n) is 10.1. The molecule has 0 bridgehead atoms. The third-order valence-corrected chi connectivity index (χ3v) is 5.82. The lowest BCUT2D eigenvalue weighted by Gasteiger charge is -2.22. The number of aromatic hydroxyl groups is 2. The van der Waals surface area contributed by atoms with Crippen LogP contribution in [0.25, 0.3) is 21.5 Å². The number of phenols is 2. The molecule has 0 heterocycles. The van der Waals surface area contributed by atoms with E-state index < -0.39 is 5.92 Å². The van der Waals surface area contributed by atoms with Crippen LogP contribution in [0.4, 0.5) is 0 Å². The Morgan fingerprint density at radius 1 is 0.581 bits per heavy atom. The van der Waals surface area contributed by atoms with Crippen molar-refractivity contribution in [3.8, 4) is 11.5 Å². The van der Waals surface area contributed by atoms with E-state index in [0.29, 0.717) is 16.7 Å². The molecule has 3 heteroatoms.